The molecule has 2 amide bonds. The molecule has 0 aromatic heterocycles. The Morgan fingerprint density at radius 1 is 1.43 bits per heavy atom. The third-order valence-electron chi connectivity index (χ3n) is 3.63. The fraction of sp³-hybridized carbons (Fsp3) is 0.727. The average Bonchev–Trinajstić information content (AvgIpc) is 2.59. The number of alkyl carbamates (subject to hydrolysis) is 1. The Morgan fingerprint density at radius 3 is 2.48 bits per heavy atom. The van der Waals surface area contributed by atoms with E-state index in [4.69, 9.17) is 34.8 Å². The van der Waals surface area contributed by atoms with Gasteiger partial charge in [-0.05, 0) is 13.8 Å². The highest BCUT2D eigenvalue weighted by Crippen LogP contribution is 2.43. The summed E-state index contributed by atoms with van der Waals surface area (Å²) in [5.41, 5.74) is 0. The van der Waals surface area contributed by atoms with Gasteiger partial charge in [-0.15, -0.1) is 0 Å². The molecule has 0 bridgehead atoms. The van der Waals surface area contributed by atoms with E-state index in [0.717, 1.165) is 4.90 Å². The minimum absolute atomic E-state index is 0.537. The van der Waals surface area contributed by atoms with Gasteiger partial charge in [0.2, 0.25) is 9.70 Å². The Kier molecular flexibility index (Phi) is 4.80. The first-order chi connectivity index (χ1) is 10.4. The largest absolute Gasteiger partial charge is 0.480 e. The number of hydrogen-bond acceptors (Lipinski definition) is 5. The van der Waals surface area contributed by atoms with Crippen LogP contribution in [0, 0.1) is 0 Å². The fourth-order valence-electron chi connectivity index (χ4n) is 2.61. The van der Waals surface area contributed by atoms with E-state index in [1.165, 1.54) is 13.8 Å². The first-order valence-corrected chi connectivity index (χ1v) is 8.68. The van der Waals surface area contributed by atoms with Crippen molar-refractivity contribution < 1.29 is 28.4 Å². The van der Waals surface area contributed by atoms with E-state index < -0.39 is 61.4 Å². The number of amides is 2. The second-order valence-corrected chi connectivity index (χ2v) is 10.2. The van der Waals surface area contributed by atoms with Gasteiger partial charge in [0, 0.05) is 0 Å². The number of fused-ring (bicyclic) bond motifs is 1. The molecule has 2 saturated heterocycles. The molecule has 130 valence electrons. The van der Waals surface area contributed by atoms with Crippen molar-refractivity contribution in [2.24, 2.45) is 0 Å². The molecule has 4 atom stereocenters. The number of halogens is 3. The van der Waals surface area contributed by atoms with Crippen molar-refractivity contribution in [3.8, 4) is 0 Å². The highest BCUT2D eigenvalue weighted by Gasteiger charge is 2.68. The SMILES string of the molecule is CC1(C)[C@H](C(=O)O)N2C(=O)[C@H](NC(=O)OCC(Cl)(Cl)Cl)[C@H]2S1=O. The lowest BCUT2D eigenvalue weighted by Crippen LogP contribution is -2.71. The van der Waals surface area contributed by atoms with E-state index >= 15 is 0 Å². The Labute approximate surface area is 148 Å². The normalized spacial score (nSPS) is 32.0. The summed E-state index contributed by atoms with van der Waals surface area (Å²) in [7, 11) is -1.68. The highest BCUT2D eigenvalue weighted by atomic mass is 35.6. The molecule has 12 heteroatoms. The van der Waals surface area contributed by atoms with Crippen LogP contribution in [-0.2, 0) is 25.1 Å². The number of nitrogens with zero attached hydrogens (tertiary/aromatic N) is 1. The van der Waals surface area contributed by atoms with Crippen molar-refractivity contribution in [1.29, 1.82) is 0 Å². The number of rotatable bonds is 3. The molecule has 2 N–H and O–H groups in total. The van der Waals surface area contributed by atoms with Crippen LogP contribution >= 0.6 is 34.8 Å². The minimum atomic E-state index is -1.81. The van der Waals surface area contributed by atoms with Crippen LogP contribution in [0.5, 0.6) is 0 Å². The van der Waals surface area contributed by atoms with E-state index in [9.17, 15) is 23.7 Å². The number of nitrogens with one attached hydrogen (secondary N) is 1. The number of alkyl halides is 3. The first kappa shape index (κ1) is 18.6. The number of β-lactam (4-membered cyclic amide) rings is 1. The molecule has 8 nitrogen and oxygen atoms in total. The van der Waals surface area contributed by atoms with E-state index in [1.807, 2.05) is 0 Å². The summed E-state index contributed by atoms with van der Waals surface area (Å²) >= 11 is 16.3. The van der Waals surface area contributed by atoms with Crippen molar-refractivity contribution >= 4 is 63.6 Å². The smallest absolute Gasteiger partial charge is 0.408 e. The Hall–Kier alpha value is -0.770. The van der Waals surface area contributed by atoms with Crippen LogP contribution in [0.2, 0.25) is 0 Å². The maximum absolute atomic E-state index is 12.5. The predicted octanol–water partition coefficient (Wildman–Crippen LogP) is 0.614. The van der Waals surface area contributed by atoms with Gasteiger partial charge in [0.25, 0.3) is 0 Å². The van der Waals surface area contributed by atoms with Gasteiger partial charge in [-0.3, -0.25) is 9.00 Å². The lowest BCUT2D eigenvalue weighted by atomic mass is 9.96. The second kappa shape index (κ2) is 5.94. The summed E-state index contributed by atoms with van der Waals surface area (Å²) in [5.74, 6) is -1.90. The van der Waals surface area contributed by atoms with Crippen molar-refractivity contribution in [3.63, 3.8) is 0 Å². The molecule has 23 heavy (non-hydrogen) atoms. The Morgan fingerprint density at radius 2 is 2.00 bits per heavy atom. The van der Waals surface area contributed by atoms with Gasteiger partial charge in [0.05, 0.1) is 15.5 Å². The molecule has 2 rings (SSSR count). The standard InChI is InChI=1S/C11H13Cl3N2O6S/c1-10(2)5(8(18)19)16-6(17)4(7(16)23(10)21)15-9(20)22-3-11(12,13)14/h4-5,7H,3H2,1-2H3,(H,15,20)(H,18,19)/t4-,5-,7+,23?/m0/s1. The lowest BCUT2D eigenvalue weighted by Gasteiger charge is -2.42. The van der Waals surface area contributed by atoms with E-state index in [2.05, 4.69) is 10.1 Å². The van der Waals surface area contributed by atoms with Gasteiger partial charge in [0.1, 0.15) is 24.1 Å². The number of carboxylic acids is 1. The maximum atomic E-state index is 12.5. The summed E-state index contributed by atoms with van der Waals surface area (Å²) in [6.07, 6.45) is -1.03. The zero-order valence-electron chi connectivity index (χ0n) is 11.9. The van der Waals surface area contributed by atoms with Crippen molar-refractivity contribution in [3.05, 3.63) is 0 Å². The third-order valence-corrected chi connectivity index (χ3v) is 6.15. The maximum Gasteiger partial charge on any atom is 0.408 e. The second-order valence-electron chi connectivity index (χ2n) is 5.59. The van der Waals surface area contributed by atoms with Gasteiger partial charge in [0.15, 0.2) is 0 Å². The summed E-state index contributed by atoms with van der Waals surface area (Å²) in [6, 6.07) is -2.36. The molecule has 2 fully saturated rings. The van der Waals surface area contributed by atoms with Crippen molar-refractivity contribution in [2.45, 2.75) is 39.8 Å². The molecule has 2 aliphatic heterocycles. The molecule has 0 aromatic carbocycles. The van der Waals surface area contributed by atoms with E-state index in [-0.39, 0.29) is 0 Å². The average molecular weight is 408 g/mol. The van der Waals surface area contributed by atoms with Gasteiger partial charge in [-0.2, -0.15) is 0 Å². The minimum Gasteiger partial charge on any atom is -0.480 e. The summed E-state index contributed by atoms with van der Waals surface area (Å²) < 4.78 is 14.1. The van der Waals surface area contributed by atoms with Crippen LogP contribution in [-0.4, -0.2) is 64.8 Å². The van der Waals surface area contributed by atoms with Gasteiger partial charge in [-0.1, -0.05) is 34.8 Å². The van der Waals surface area contributed by atoms with Crippen LogP contribution in [0.15, 0.2) is 0 Å². The van der Waals surface area contributed by atoms with Crippen LogP contribution in [0.4, 0.5) is 4.79 Å². The number of ether oxygens (including phenoxy) is 1. The van der Waals surface area contributed by atoms with Crippen molar-refractivity contribution in [1.82, 2.24) is 10.2 Å². The molecule has 0 radical (unpaired) electrons. The highest BCUT2D eigenvalue weighted by molar-refractivity contribution is 7.87. The van der Waals surface area contributed by atoms with Crippen LogP contribution in [0.3, 0.4) is 0 Å². The Balaban J connectivity index is 2.08. The summed E-state index contributed by atoms with van der Waals surface area (Å²) in [6.45, 7) is 2.45. The first-order valence-electron chi connectivity index (χ1n) is 6.33. The number of carboxylic acid groups (broad SMARTS) is 1. The topological polar surface area (TPSA) is 113 Å². The molecular formula is C11H13Cl3N2O6S. The number of aliphatic carboxylic acids is 1. The van der Waals surface area contributed by atoms with E-state index in [0.29, 0.717) is 0 Å². The van der Waals surface area contributed by atoms with Gasteiger partial charge in [-0.25, -0.2) is 9.59 Å². The zero-order chi connectivity index (χ0) is 17.7. The van der Waals surface area contributed by atoms with Gasteiger partial charge >= 0.3 is 12.1 Å². The summed E-state index contributed by atoms with van der Waals surface area (Å²) in [5, 5.41) is 10.6. The molecule has 1 unspecified atom stereocenters. The van der Waals surface area contributed by atoms with E-state index in [1.54, 1.807) is 0 Å². The van der Waals surface area contributed by atoms with Gasteiger partial charge < -0.3 is 20.1 Å². The van der Waals surface area contributed by atoms with Crippen LogP contribution < -0.4 is 5.32 Å². The number of hydrogen-bond donors (Lipinski definition) is 2. The number of carbonyl (C=O) groups excluding carboxylic acids is 2. The third kappa shape index (κ3) is 3.24. The van der Waals surface area contributed by atoms with Crippen LogP contribution in [0.25, 0.3) is 0 Å². The molecule has 2 aliphatic rings. The lowest BCUT2D eigenvalue weighted by molar-refractivity contribution is -0.160. The Bertz CT molecular complexity index is 593. The fourth-order valence-corrected chi connectivity index (χ4v) is 4.69. The molecule has 0 aliphatic carbocycles. The molecule has 2 heterocycles. The predicted molar refractivity (Wildman–Crippen MR) is 82.8 cm³/mol. The quantitative estimate of drug-likeness (QED) is 0.524. The van der Waals surface area contributed by atoms with Crippen LogP contribution in [0.1, 0.15) is 13.8 Å². The van der Waals surface area contributed by atoms with Crippen molar-refractivity contribution in [2.75, 3.05) is 6.61 Å². The monoisotopic (exact) mass is 406 g/mol. The molecular weight excluding hydrogens is 395 g/mol. The number of carbonyl (C=O) groups is 3. The molecule has 0 aromatic rings. The molecule has 0 saturated carbocycles. The zero-order valence-corrected chi connectivity index (χ0v) is 15.0. The molecule has 0 spiro atoms. The summed E-state index contributed by atoms with van der Waals surface area (Å²) in [4.78, 5) is 36.1.